The second-order valence-electron chi connectivity index (χ2n) is 6.37. The van der Waals surface area contributed by atoms with Gasteiger partial charge in [0.25, 0.3) is 5.91 Å². The Bertz CT molecular complexity index is 867. The molecule has 7 heteroatoms. The molecule has 0 saturated heterocycles. The van der Waals surface area contributed by atoms with Crippen LogP contribution in [-0.2, 0) is 16.0 Å². The second kappa shape index (κ2) is 7.57. The van der Waals surface area contributed by atoms with Crippen molar-refractivity contribution in [2.75, 3.05) is 25.1 Å². The van der Waals surface area contributed by atoms with Crippen LogP contribution in [0, 0.1) is 0 Å². The van der Waals surface area contributed by atoms with Gasteiger partial charge in [0.05, 0.1) is 12.1 Å². The van der Waals surface area contributed by atoms with E-state index < -0.39 is 6.10 Å². The number of anilines is 1. The first-order valence-electron chi connectivity index (χ1n) is 8.91. The normalized spacial score (nSPS) is 17.3. The lowest BCUT2D eigenvalue weighted by molar-refractivity contribution is -0.130. The number of para-hydroxylation sites is 2. The summed E-state index contributed by atoms with van der Waals surface area (Å²) in [6, 6.07) is 12.9. The molecule has 2 aromatic carbocycles. The summed E-state index contributed by atoms with van der Waals surface area (Å²) in [7, 11) is 0. The molecule has 2 aromatic rings. The van der Waals surface area contributed by atoms with E-state index in [2.05, 4.69) is 10.6 Å². The van der Waals surface area contributed by atoms with E-state index in [0.29, 0.717) is 37.6 Å². The number of amides is 2. The molecule has 1 atom stereocenters. The van der Waals surface area contributed by atoms with E-state index in [1.54, 1.807) is 12.1 Å². The monoisotopic (exact) mass is 368 g/mol. The average molecular weight is 368 g/mol. The molecule has 0 bridgehead atoms. The van der Waals surface area contributed by atoms with Crippen molar-refractivity contribution >= 4 is 17.5 Å². The summed E-state index contributed by atoms with van der Waals surface area (Å²) in [6.45, 7) is 1.56. The number of ether oxygens (including phenoxy) is 3. The predicted octanol–water partition coefficient (Wildman–Crippen LogP) is 1.91. The first-order chi connectivity index (χ1) is 13.2. The highest BCUT2D eigenvalue weighted by molar-refractivity contribution is 5.99. The smallest absolute Gasteiger partial charge is 0.266 e. The number of hydrogen-bond acceptors (Lipinski definition) is 5. The summed E-state index contributed by atoms with van der Waals surface area (Å²) in [5.74, 6) is 1.51. The summed E-state index contributed by atoms with van der Waals surface area (Å²) in [6.07, 6.45) is -0.196. The number of carbonyl (C=O) groups is 2. The van der Waals surface area contributed by atoms with Crippen LogP contribution in [0.5, 0.6) is 17.2 Å². The Morgan fingerprint density at radius 3 is 2.78 bits per heavy atom. The van der Waals surface area contributed by atoms with Crippen LogP contribution in [0.3, 0.4) is 0 Å². The lowest BCUT2D eigenvalue weighted by Gasteiger charge is -2.25. The molecule has 4 rings (SSSR count). The molecule has 140 valence electrons. The highest BCUT2D eigenvalue weighted by Crippen LogP contribution is 2.31. The summed E-state index contributed by atoms with van der Waals surface area (Å²) in [5.41, 5.74) is 1.66. The van der Waals surface area contributed by atoms with Crippen LogP contribution >= 0.6 is 0 Å². The summed E-state index contributed by atoms with van der Waals surface area (Å²) < 4.78 is 16.7. The number of fused-ring (bicyclic) bond motifs is 2. The first-order valence-corrected chi connectivity index (χ1v) is 8.91. The van der Waals surface area contributed by atoms with Crippen LogP contribution in [0.2, 0.25) is 0 Å². The van der Waals surface area contributed by atoms with Gasteiger partial charge in [0, 0.05) is 6.54 Å². The zero-order valence-corrected chi connectivity index (χ0v) is 14.7. The summed E-state index contributed by atoms with van der Waals surface area (Å²) in [4.78, 5) is 24.3. The molecule has 0 saturated carbocycles. The lowest BCUT2D eigenvalue weighted by Crippen LogP contribution is -2.41. The van der Waals surface area contributed by atoms with Gasteiger partial charge in [-0.1, -0.05) is 18.2 Å². The van der Waals surface area contributed by atoms with E-state index in [-0.39, 0.29) is 18.2 Å². The van der Waals surface area contributed by atoms with Gasteiger partial charge in [-0.25, -0.2) is 0 Å². The van der Waals surface area contributed by atoms with Gasteiger partial charge in [-0.3, -0.25) is 9.59 Å². The molecule has 27 heavy (non-hydrogen) atoms. The third-order valence-corrected chi connectivity index (χ3v) is 4.42. The maximum Gasteiger partial charge on any atom is 0.266 e. The fourth-order valence-corrected chi connectivity index (χ4v) is 3.06. The Morgan fingerprint density at radius 2 is 1.89 bits per heavy atom. The van der Waals surface area contributed by atoms with Crippen molar-refractivity contribution in [3.05, 3.63) is 48.0 Å². The highest BCUT2D eigenvalue weighted by atomic mass is 16.6. The molecule has 0 fully saturated rings. The SMILES string of the molecule is O=C(C[C@H]1Oc2ccccc2NC1=O)NCCc1ccc2c(c1)OCCO2. The second-order valence-corrected chi connectivity index (χ2v) is 6.37. The van der Waals surface area contributed by atoms with Crippen LogP contribution in [0.1, 0.15) is 12.0 Å². The fourth-order valence-electron chi connectivity index (χ4n) is 3.06. The maximum atomic E-state index is 12.2. The van der Waals surface area contributed by atoms with Gasteiger partial charge < -0.3 is 24.8 Å². The third-order valence-electron chi connectivity index (χ3n) is 4.42. The van der Waals surface area contributed by atoms with Crippen molar-refractivity contribution in [2.24, 2.45) is 0 Å². The number of benzene rings is 2. The van der Waals surface area contributed by atoms with Crippen molar-refractivity contribution in [3.8, 4) is 17.2 Å². The van der Waals surface area contributed by atoms with Crippen LogP contribution in [-0.4, -0.2) is 37.7 Å². The molecule has 0 aliphatic carbocycles. The topological polar surface area (TPSA) is 85.9 Å². The van der Waals surface area contributed by atoms with Gasteiger partial charge in [0.1, 0.15) is 19.0 Å². The summed E-state index contributed by atoms with van der Waals surface area (Å²) in [5, 5.41) is 5.59. The number of rotatable bonds is 5. The zero-order chi connectivity index (χ0) is 18.6. The third kappa shape index (κ3) is 3.97. The number of nitrogens with one attached hydrogen (secondary N) is 2. The predicted molar refractivity (Wildman–Crippen MR) is 98.3 cm³/mol. The molecule has 2 heterocycles. The number of hydrogen-bond donors (Lipinski definition) is 2. The van der Waals surface area contributed by atoms with E-state index in [9.17, 15) is 9.59 Å². The van der Waals surface area contributed by atoms with Crippen molar-refractivity contribution in [3.63, 3.8) is 0 Å². The van der Waals surface area contributed by atoms with Crippen molar-refractivity contribution < 1.29 is 23.8 Å². The van der Waals surface area contributed by atoms with Crippen molar-refractivity contribution in [1.82, 2.24) is 5.32 Å². The van der Waals surface area contributed by atoms with Crippen LogP contribution < -0.4 is 24.8 Å². The van der Waals surface area contributed by atoms with E-state index in [1.807, 2.05) is 30.3 Å². The quantitative estimate of drug-likeness (QED) is 0.842. The number of carbonyl (C=O) groups excluding carboxylic acids is 2. The Hall–Kier alpha value is -3.22. The Morgan fingerprint density at radius 1 is 1.07 bits per heavy atom. The maximum absolute atomic E-state index is 12.2. The Labute approximate surface area is 156 Å². The standard InChI is InChI=1S/C20H20N2O5/c23-19(12-18-20(24)22-14-3-1-2-4-15(14)27-18)21-8-7-13-5-6-16-17(11-13)26-10-9-25-16/h1-6,11,18H,7-10,12H2,(H,21,23)(H,22,24)/t18-/m1/s1. The van der Waals surface area contributed by atoms with E-state index in [0.717, 1.165) is 17.1 Å². The van der Waals surface area contributed by atoms with Crippen molar-refractivity contribution in [1.29, 1.82) is 0 Å². The minimum Gasteiger partial charge on any atom is -0.486 e. The van der Waals surface area contributed by atoms with Crippen molar-refractivity contribution in [2.45, 2.75) is 18.9 Å². The van der Waals surface area contributed by atoms with E-state index in [1.165, 1.54) is 0 Å². The Kier molecular flexibility index (Phi) is 4.82. The van der Waals surface area contributed by atoms with Gasteiger partial charge in [-0.2, -0.15) is 0 Å². The van der Waals surface area contributed by atoms with Gasteiger partial charge in [0.2, 0.25) is 5.91 Å². The van der Waals surface area contributed by atoms with Crippen LogP contribution in [0.15, 0.2) is 42.5 Å². The molecule has 2 aliphatic heterocycles. The molecule has 0 unspecified atom stereocenters. The summed E-state index contributed by atoms with van der Waals surface area (Å²) >= 11 is 0. The molecule has 2 N–H and O–H groups in total. The molecule has 2 aliphatic rings. The van der Waals surface area contributed by atoms with E-state index >= 15 is 0 Å². The fraction of sp³-hybridized carbons (Fsp3) is 0.300. The van der Waals surface area contributed by atoms with Gasteiger partial charge in [-0.15, -0.1) is 0 Å². The van der Waals surface area contributed by atoms with E-state index in [4.69, 9.17) is 14.2 Å². The van der Waals surface area contributed by atoms with Crippen LogP contribution in [0.4, 0.5) is 5.69 Å². The highest BCUT2D eigenvalue weighted by Gasteiger charge is 2.29. The first kappa shape index (κ1) is 17.2. The van der Waals surface area contributed by atoms with Gasteiger partial charge >= 0.3 is 0 Å². The minimum atomic E-state index is -0.825. The van der Waals surface area contributed by atoms with Crippen LogP contribution in [0.25, 0.3) is 0 Å². The lowest BCUT2D eigenvalue weighted by atomic mass is 10.1. The van der Waals surface area contributed by atoms with Gasteiger partial charge in [-0.05, 0) is 36.2 Å². The molecular formula is C20H20N2O5. The molecular weight excluding hydrogens is 348 g/mol. The van der Waals surface area contributed by atoms with Gasteiger partial charge in [0.15, 0.2) is 17.6 Å². The molecule has 0 spiro atoms. The Balaban J connectivity index is 1.27. The molecule has 0 aromatic heterocycles. The minimum absolute atomic E-state index is 0.0265. The molecule has 0 radical (unpaired) electrons. The largest absolute Gasteiger partial charge is 0.486 e. The molecule has 2 amide bonds. The molecule has 7 nitrogen and oxygen atoms in total. The zero-order valence-electron chi connectivity index (χ0n) is 14.7. The average Bonchev–Trinajstić information content (AvgIpc) is 2.68.